The molecule has 1 aromatic carbocycles. The van der Waals surface area contributed by atoms with Gasteiger partial charge in [-0.25, -0.2) is 13.4 Å². The summed E-state index contributed by atoms with van der Waals surface area (Å²) in [7, 11) is -3.43. The van der Waals surface area contributed by atoms with Crippen LogP contribution in [0.3, 0.4) is 0 Å². The van der Waals surface area contributed by atoms with Gasteiger partial charge in [0.2, 0.25) is 0 Å². The number of aryl methyl sites for hydroxylation is 1. The van der Waals surface area contributed by atoms with Gasteiger partial charge in [-0.05, 0) is 24.6 Å². The predicted octanol–water partition coefficient (Wildman–Crippen LogP) is 2.75. The lowest BCUT2D eigenvalue weighted by Gasteiger charge is -2.11. The maximum absolute atomic E-state index is 12.1. The molecule has 7 heteroatoms. The van der Waals surface area contributed by atoms with Crippen LogP contribution in [0.25, 0.3) is 0 Å². The molecule has 0 aliphatic carbocycles. The van der Waals surface area contributed by atoms with Crippen molar-refractivity contribution in [2.24, 2.45) is 0 Å². The Balaban J connectivity index is 2.08. The summed E-state index contributed by atoms with van der Waals surface area (Å²) in [5.74, 6) is -0.491. The SMILES string of the molecule is Cc1csc(CS(=O)(=O)CC(O)c2cccc(Cl)c2)n1. The Labute approximate surface area is 127 Å². The number of rotatable bonds is 5. The zero-order valence-electron chi connectivity index (χ0n) is 10.8. The van der Waals surface area contributed by atoms with E-state index in [2.05, 4.69) is 4.98 Å². The van der Waals surface area contributed by atoms with Crippen LogP contribution in [0.15, 0.2) is 29.6 Å². The fraction of sp³-hybridized carbons (Fsp3) is 0.308. The molecule has 1 N–H and O–H groups in total. The molecule has 1 heterocycles. The quantitative estimate of drug-likeness (QED) is 0.914. The summed E-state index contributed by atoms with van der Waals surface area (Å²) in [6, 6.07) is 6.57. The first kappa shape index (κ1) is 15.4. The van der Waals surface area contributed by atoms with Gasteiger partial charge in [-0.3, -0.25) is 0 Å². The molecule has 0 saturated heterocycles. The molecule has 0 fully saturated rings. The number of hydrogen-bond donors (Lipinski definition) is 1. The van der Waals surface area contributed by atoms with Gasteiger partial charge in [0, 0.05) is 16.1 Å². The second-order valence-corrected chi connectivity index (χ2v) is 8.00. The van der Waals surface area contributed by atoms with Crippen LogP contribution in [-0.4, -0.2) is 24.3 Å². The molecule has 1 atom stereocenters. The third-order valence-corrected chi connectivity index (χ3v) is 5.58. The van der Waals surface area contributed by atoms with E-state index in [9.17, 15) is 13.5 Å². The summed E-state index contributed by atoms with van der Waals surface area (Å²) in [6.45, 7) is 1.81. The number of benzene rings is 1. The van der Waals surface area contributed by atoms with E-state index in [1.54, 1.807) is 29.6 Å². The summed E-state index contributed by atoms with van der Waals surface area (Å²) >= 11 is 7.13. The van der Waals surface area contributed by atoms with E-state index in [1.807, 2.05) is 6.92 Å². The lowest BCUT2D eigenvalue weighted by atomic mass is 10.1. The van der Waals surface area contributed by atoms with Gasteiger partial charge in [0.15, 0.2) is 9.84 Å². The van der Waals surface area contributed by atoms with Crippen molar-refractivity contribution in [1.82, 2.24) is 4.98 Å². The number of thiazole rings is 1. The van der Waals surface area contributed by atoms with Gasteiger partial charge in [0.25, 0.3) is 0 Å². The van der Waals surface area contributed by atoms with Gasteiger partial charge in [0.1, 0.15) is 10.8 Å². The largest absolute Gasteiger partial charge is 0.387 e. The molecule has 0 bridgehead atoms. The van der Waals surface area contributed by atoms with Crippen LogP contribution in [0.4, 0.5) is 0 Å². The Morgan fingerprint density at radius 1 is 1.45 bits per heavy atom. The highest BCUT2D eigenvalue weighted by molar-refractivity contribution is 7.90. The minimum absolute atomic E-state index is 0.150. The number of aromatic nitrogens is 1. The highest BCUT2D eigenvalue weighted by atomic mass is 35.5. The average molecular weight is 332 g/mol. The van der Waals surface area contributed by atoms with Crippen molar-refractivity contribution in [3.05, 3.63) is 50.9 Å². The van der Waals surface area contributed by atoms with E-state index >= 15 is 0 Å². The van der Waals surface area contributed by atoms with Crippen molar-refractivity contribution in [1.29, 1.82) is 0 Å². The number of sulfone groups is 1. The molecule has 4 nitrogen and oxygen atoms in total. The van der Waals surface area contributed by atoms with Crippen molar-refractivity contribution in [3.63, 3.8) is 0 Å². The van der Waals surface area contributed by atoms with E-state index in [0.29, 0.717) is 15.6 Å². The molecule has 0 radical (unpaired) electrons. The highest BCUT2D eigenvalue weighted by Crippen LogP contribution is 2.21. The molecule has 0 amide bonds. The first-order valence-corrected chi connectivity index (χ1v) is 8.98. The fourth-order valence-corrected chi connectivity index (χ4v) is 4.56. The van der Waals surface area contributed by atoms with Crippen molar-refractivity contribution in [2.75, 3.05) is 5.75 Å². The number of aliphatic hydroxyl groups excluding tert-OH is 1. The van der Waals surface area contributed by atoms with Crippen molar-refractivity contribution >= 4 is 32.8 Å². The second kappa shape index (κ2) is 6.22. The molecule has 0 saturated carbocycles. The minimum Gasteiger partial charge on any atom is -0.387 e. The third-order valence-electron chi connectivity index (χ3n) is 2.66. The number of aliphatic hydroxyl groups is 1. The summed E-state index contributed by atoms with van der Waals surface area (Å²) in [5.41, 5.74) is 1.30. The van der Waals surface area contributed by atoms with Gasteiger partial charge >= 0.3 is 0 Å². The zero-order chi connectivity index (χ0) is 14.8. The van der Waals surface area contributed by atoms with Crippen molar-refractivity contribution < 1.29 is 13.5 Å². The van der Waals surface area contributed by atoms with Gasteiger partial charge in [-0.15, -0.1) is 11.3 Å². The van der Waals surface area contributed by atoms with E-state index in [0.717, 1.165) is 5.69 Å². The fourth-order valence-electron chi connectivity index (χ4n) is 1.77. The monoisotopic (exact) mass is 331 g/mol. The summed E-state index contributed by atoms with van der Waals surface area (Å²) in [6.07, 6.45) is -1.08. The van der Waals surface area contributed by atoms with Gasteiger partial charge in [-0.2, -0.15) is 0 Å². The van der Waals surface area contributed by atoms with Crippen LogP contribution in [0.5, 0.6) is 0 Å². The summed E-state index contributed by atoms with van der Waals surface area (Å²) in [4.78, 5) is 4.13. The van der Waals surface area contributed by atoms with E-state index in [1.165, 1.54) is 11.3 Å². The third kappa shape index (κ3) is 4.28. The Kier molecular flexibility index (Phi) is 4.80. The molecule has 2 rings (SSSR count). The lowest BCUT2D eigenvalue weighted by Crippen LogP contribution is -2.16. The molecule has 2 aromatic rings. The van der Waals surface area contributed by atoms with Gasteiger partial charge < -0.3 is 5.11 Å². The van der Waals surface area contributed by atoms with E-state index < -0.39 is 15.9 Å². The molecule has 0 aliphatic heterocycles. The normalized spacial score (nSPS) is 13.3. The Bertz CT molecular complexity index is 697. The van der Waals surface area contributed by atoms with Crippen LogP contribution < -0.4 is 0 Å². The lowest BCUT2D eigenvalue weighted by molar-refractivity contribution is 0.201. The Hall–Kier alpha value is -0.950. The topological polar surface area (TPSA) is 67.3 Å². The molecule has 0 aliphatic rings. The maximum atomic E-state index is 12.1. The van der Waals surface area contributed by atoms with Crippen LogP contribution in [-0.2, 0) is 15.6 Å². The summed E-state index contributed by atoms with van der Waals surface area (Å²) in [5, 5.41) is 12.8. The highest BCUT2D eigenvalue weighted by Gasteiger charge is 2.20. The number of nitrogens with zero attached hydrogens (tertiary/aromatic N) is 1. The molecule has 108 valence electrons. The smallest absolute Gasteiger partial charge is 0.159 e. The van der Waals surface area contributed by atoms with Crippen LogP contribution in [0.2, 0.25) is 5.02 Å². The van der Waals surface area contributed by atoms with Crippen LogP contribution in [0, 0.1) is 6.92 Å². The van der Waals surface area contributed by atoms with Crippen molar-refractivity contribution in [3.8, 4) is 0 Å². The predicted molar refractivity (Wildman–Crippen MR) is 80.8 cm³/mol. The Morgan fingerprint density at radius 3 is 2.80 bits per heavy atom. The standard InChI is InChI=1S/C13H14ClNO3S2/c1-9-6-19-13(15-9)8-20(17,18)7-12(16)10-3-2-4-11(14)5-10/h2-6,12,16H,7-8H2,1H3. The first-order valence-electron chi connectivity index (χ1n) is 5.91. The van der Waals surface area contributed by atoms with Gasteiger partial charge in [0.05, 0.1) is 11.9 Å². The number of hydrogen-bond acceptors (Lipinski definition) is 5. The molecule has 0 spiro atoms. The van der Waals surface area contributed by atoms with E-state index in [-0.39, 0.29) is 11.5 Å². The van der Waals surface area contributed by atoms with E-state index in [4.69, 9.17) is 11.6 Å². The van der Waals surface area contributed by atoms with Crippen LogP contribution >= 0.6 is 22.9 Å². The Morgan fingerprint density at radius 2 is 2.20 bits per heavy atom. The summed E-state index contributed by atoms with van der Waals surface area (Å²) < 4.78 is 24.1. The van der Waals surface area contributed by atoms with Crippen molar-refractivity contribution in [2.45, 2.75) is 18.8 Å². The average Bonchev–Trinajstić information content (AvgIpc) is 2.73. The molecule has 1 unspecified atom stereocenters. The number of halogens is 1. The second-order valence-electron chi connectivity index (χ2n) is 4.51. The molecule has 20 heavy (non-hydrogen) atoms. The maximum Gasteiger partial charge on any atom is 0.159 e. The molecular formula is C13H14ClNO3S2. The molecular weight excluding hydrogens is 318 g/mol. The molecule has 1 aromatic heterocycles. The van der Waals surface area contributed by atoms with Crippen LogP contribution in [0.1, 0.15) is 22.4 Å². The van der Waals surface area contributed by atoms with Gasteiger partial charge in [-0.1, -0.05) is 23.7 Å². The zero-order valence-corrected chi connectivity index (χ0v) is 13.2. The first-order chi connectivity index (χ1) is 9.35. The minimum atomic E-state index is -3.43.